The number of hydrogen-bond acceptors (Lipinski definition) is 2. The predicted octanol–water partition coefficient (Wildman–Crippen LogP) is 3.48. The SMILES string of the molecule is CCC1C(=O)NC(C(C)C)C(=O)N1c1ccc(Br)cc1Br. The Hall–Kier alpha value is -0.880. The molecule has 1 aromatic carbocycles. The molecule has 1 aliphatic heterocycles. The summed E-state index contributed by atoms with van der Waals surface area (Å²) >= 11 is 6.89. The lowest BCUT2D eigenvalue weighted by molar-refractivity contribution is -0.134. The fourth-order valence-electron chi connectivity index (χ4n) is 2.51. The zero-order valence-electron chi connectivity index (χ0n) is 12.2. The van der Waals surface area contributed by atoms with Crippen LogP contribution in [0.15, 0.2) is 27.1 Å². The van der Waals surface area contributed by atoms with E-state index in [1.165, 1.54) is 0 Å². The number of halogens is 2. The van der Waals surface area contributed by atoms with E-state index >= 15 is 0 Å². The molecular formula is C15H18Br2N2O2. The lowest BCUT2D eigenvalue weighted by Gasteiger charge is -2.40. The number of amides is 2. The van der Waals surface area contributed by atoms with E-state index in [4.69, 9.17) is 0 Å². The molecule has 4 nitrogen and oxygen atoms in total. The lowest BCUT2D eigenvalue weighted by atomic mass is 9.96. The van der Waals surface area contributed by atoms with Crippen LogP contribution >= 0.6 is 31.9 Å². The zero-order chi connectivity index (χ0) is 15.7. The maximum Gasteiger partial charge on any atom is 0.250 e. The molecule has 1 aliphatic rings. The van der Waals surface area contributed by atoms with Gasteiger partial charge in [0.05, 0.1) is 5.69 Å². The second kappa shape index (κ2) is 6.48. The summed E-state index contributed by atoms with van der Waals surface area (Å²) in [7, 11) is 0. The third-order valence-electron chi connectivity index (χ3n) is 3.64. The van der Waals surface area contributed by atoms with Crippen molar-refractivity contribution in [1.82, 2.24) is 5.32 Å². The van der Waals surface area contributed by atoms with Crippen molar-refractivity contribution in [2.24, 2.45) is 5.92 Å². The van der Waals surface area contributed by atoms with Gasteiger partial charge in [0, 0.05) is 8.95 Å². The molecule has 0 bridgehead atoms. The molecule has 2 unspecified atom stereocenters. The number of hydrogen-bond donors (Lipinski definition) is 1. The van der Waals surface area contributed by atoms with Crippen LogP contribution in [-0.4, -0.2) is 23.9 Å². The average Bonchev–Trinajstić information content (AvgIpc) is 2.41. The van der Waals surface area contributed by atoms with E-state index in [0.29, 0.717) is 6.42 Å². The summed E-state index contributed by atoms with van der Waals surface area (Å²) < 4.78 is 1.71. The maximum atomic E-state index is 12.8. The Morgan fingerprint density at radius 3 is 2.48 bits per heavy atom. The number of rotatable bonds is 3. The monoisotopic (exact) mass is 416 g/mol. The topological polar surface area (TPSA) is 49.4 Å². The minimum atomic E-state index is -0.476. The Morgan fingerprint density at radius 2 is 1.95 bits per heavy atom. The van der Waals surface area contributed by atoms with Crippen LogP contribution in [-0.2, 0) is 9.59 Å². The summed E-state index contributed by atoms with van der Waals surface area (Å²) in [6, 6.07) is 4.66. The summed E-state index contributed by atoms with van der Waals surface area (Å²) in [5.74, 6) is -0.0962. The lowest BCUT2D eigenvalue weighted by Crippen LogP contribution is -2.65. The van der Waals surface area contributed by atoms with Gasteiger partial charge in [0.2, 0.25) is 5.91 Å². The highest BCUT2D eigenvalue weighted by Crippen LogP contribution is 2.33. The first kappa shape index (κ1) is 16.5. The van der Waals surface area contributed by atoms with Crippen molar-refractivity contribution in [2.75, 3.05) is 4.90 Å². The van der Waals surface area contributed by atoms with Crippen LogP contribution in [0, 0.1) is 5.92 Å². The Bertz CT molecular complexity index is 575. The van der Waals surface area contributed by atoms with Gasteiger partial charge in [-0.2, -0.15) is 0 Å². The summed E-state index contributed by atoms with van der Waals surface area (Å²) in [6.45, 7) is 5.78. The van der Waals surface area contributed by atoms with Gasteiger partial charge in [-0.1, -0.05) is 36.7 Å². The van der Waals surface area contributed by atoms with Crippen molar-refractivity contribution < 1.29 is 9.59 Å². The van der Waals surface area contributed by atoms with Gasteiger partial charge in [-0.05, 0) is 46.5 Å². The van der Waals surface area contributed by atoms with Gasteiger partial charge in [-0.3, -0.25) is 14.5 Å². The smallest absolute Gasteiger partial charge is 0.250 e. The van der Waals surface area contributed by atoms with Gasteiger partial charge >= 0.3 is 0 Å². The van der Waals surface area contributed by atoms with Crippen LogP contribution in [0.4, 0.5) is 5.69 Å². The number of anilines is 1. The number of carbonyl (C=O) groups excluding carboxylic acids is 2. The molecule has 0 aromatic heterocycles. The Labute approximate surface area is 141 Å². The van der Waals surface area contributed by atoms with E-state index in [1.807, 2.05) is 39.0 Å². The third kappa shape index (κ3) is 3.16. The first-order valence-corrected chi connectivity index (χ1v) is 8.54. The molecule has 2 atom stereocenters. The van der Waals surface area contributed by atoms with Gasteiger partial charge < -0.3 is 5.32 Å². The number of carbonyl (C=O) groups is 2. The standard InChI is InChI=1S/C15H18Br2N2O2/c1-4-11-14(20)18-13(8(2)3)15(21)19(11)12-6-5-9(16)7-10(12)17/h5-8,11,13H,4H2,1-3H3,(H,18,20). The van der Waals surface area contributed by atoms with Crippen molar-refractivity contribution in [1.29, 1.82) is 0 Å². The first-order chi connectivity index (χ1) is 9.86. The highest BCUT2D eigenvalue weighted by molar-refractivity contribution is 9.11. The van der Waals surface area contributed by atoms with Gasteiger partial charge in [0.15, 0.2) is 0 Å². The molecule has 114 valence electrons. The van der Waals surface area contributed by atoms with Crippen molar-refractivity contribution in [3.05, 3.63) is 27.1 Å². The fraction of sp³-hybridized carbons (Fsp3) is 0.467. The van der Waals surface area contributed by atoms with Gasteiger partial charge in [0.25, 0.3) is 5.91 Å². The van der Waals surface area contributed by atoms with Crippen LogP contribution in [0.2, 0.25) is 0 Å². The molecule has 1 saturated heterocycles. The first-order valence-electron chi connectivity index (χ1n) is 6.95. The van der Waals surface area contributed by atoms with E-state index in [-0.39, 0.29) is 17.7 Å². The number of nitrogens with zero attached hydrogens (tertiary/aromatic N) is 1. The van der Waals surface area contributed by atoms with E-state index in [0.717, 1.165) is 14.6 Å². The molecule has 0 saturated carbocycles. The van der Waals surface area contributed by atoms with Crippen LogP contribution in [0.3, 0.4) is 0 Å². The number of piperazine rings is 1. The minimum Gasteiger partial charge on any atom is -0.342 e. The van der Waals surface area contributed by atoms with Crippen molar-refractivity contribution in [3.63, 3.8) is 0 Å². The molecule has 1 aromatic rings. The normalized spacial score (nSPS) is 22.7. The van der Waals surface area contributed by atoms with E-state index in [1.54, 1.807) is 4.90 Å². The summed E-state index contributed by atoms with van der Waals surface area (Å²) in [5.41, 5.74) is 0.732. The van der Waals surface area contributed by atoms with Crippen molar-refractivity contribution >= 4 is 49.4 Å². The van der Waals surface area contributed by atoms with Gasteiger partial charge in [-0.15, -0.1) is 0 Å². The Balaban J connectivity index is 2.49. The zero-order valence-corrected chi connectivity index (χ0v) is 15.4. The van der Waals surface area contributed by atoms with Crippen molar-refractivity contribution in [2.45, 2.75) is 39.3 Å². The highest BCUT2D eigenvalue weighted by atomic mass is 79.9. The van der Waals surface area contributed by atoms with Crippen LogP contribution in [0.1, 0.15) is 27.2 Å². The fourth-order valence-corrected chi connectivity index (χ4v) is 3.75. The number of benzene rings is 1. The minimum absolute atomic E-state index is 0.0518. The summed E-state index contributed by atoms with van der Waals surface area (Å²) in [5, 5.41) is 2.84. The predicted molar refractivity (Wildman–Crippen MR) is 90.2 cm³/mol. The molecule has 0 spiro atoms. The molecule has 6 heteroatoms. The van der Waals surface area contributed by atoms with Crippen molar-refractivity contribution in [3.8, 4) is 0 Å². The van der Waals surface area contributed by atoms with E-state index < -0.39 is 12.1 Å². The van der Waals surface area contributed by atoms with Gasteiger partial charge in [-0.25, -0.2) is 0 Å². The molecule has 21 heavy (non-hydrogen) atoms. The molecule has 2 rings (SSSR count). The average molecular weight is 418 g/mol. The maximum absolute atomic E-state index is 12.8. The molecule has 1 N–H and O–H groups in total. The summed E-state index contributed by atoms with van der Waals surface area (Å²) in [6.07, 6.45) is 0.574. The largest absolute Gasteiger partial charge is 0.342 e. The third-order valence-corrected chi connectivity index (χ3v) is 4.77. The second-order valence-electron chi connectivity index (χ2n) is 5.46. The molecule has 0 radical (unpaired) electrons. The summed E-state index contributed by atoms with van der Waals surface area (Å²) in [4.78, 5) is 26.7. The Morgan fingerprint density at radius 1 is 1.29 bits per heavy atom. The Kier molecular flexibility index (Phi) is 5.09. The molecule has 1 heterocycles. The molecule has 2 amide bonds. The van der Waals surface area contributed by atoms with E-state index in [9.17, 15) is 9.59 Å². The van der Waals surface area contributed by atoms with Crippen LogP contribution in [0.25, 0.3) is 0 Å². The van der Waals surface area contributed by atoms with Crippen LogP contribution in [0.5, 0.6) is 0 Å². The van der Waals surface area contributed by atoms with E-state index in [2.05, 4.69) is 37.2 Å². The van der Waals surface area contributed by atoms with Gasteiger partial charge in [0.1, 0.15) is 12.1 Å². The molecule has 0 aliphatic carbocycles. The second-order valence-corrected chi connectivity index (χ2v) is 7.23. The highest BCUT2D eigenvalue weighted by Gasteiger charge is 2.42. The molecule has 1 fully saturated rings. The van der Waals surface area contributed by atoms with Crippen LogP contribution < -0.4 is 10.2 Å². The number of nitrogens with one attached hydrogen (secondary N) is 1. The quantitative estimate of drug-likeness (QED) is 0.818. The molecular weight excluding hydrogens is 400 g/mol.